The SMILES string of the molecule is COC(=O)CCCN1CC2NCCc3c2n(c2ccccc32)C1=O. The second-order valence-corrected chi connectivity index (χ2v) is 6.38. The van der Waals surface area contributed by atoms with E-state index in [-0.39, 0.29) is 18.0 Å². The number of hydrogen-bond acceptors (Lipinski definition) is 4. The highest BCUT2D eigenvalue weighted by atomic mass is 16.5. The number of esters is 1. The summed E-state index contributed by atoms with van der Waals surface area (Å²) in [5.74, 6) is -0.232. The Morgan fingerprint density at radius 2 is 2.21 bits per heavy atom. The number of nitrogens with zero attached hydrogens (tertiary/aromatic N) is 2. The second kappa shape index (κ2) is 5.94. The summed E-state index contributed by atoms with van der Waals surface area (Å²) < 4.78 is 6.54. The number of ether oxygens (including phenoxy) is 1. The van der Waals surface area contributed by atoms with Crippen LogP contribution in [0.3, 0.4) is 0 Å². The van der Waals surface area contributed by atoms with Crippen molar-refractivity contribution < 1.29 is 14.3 Å². The standard InChI is InChI=1S/C18H21N3O3/c1-24-16(22)7-4-10-20-11-14-17-13(8-9-19-14)12-5-2-3-6-15(12)21(17)18(20)23/h2-3,5-6,14,19H,4,7-11H2,1H3. The predicted octanol–water partition coefficient (Wildman–Crippen LogP) is 2.06. The maximum Gasteiger partial charge on any atom is 0.328 e. The largest absolute Gasteiger partial charge is 0.469 e. The third-order valence-electron chi connectivity index (χ3n) is 5.02. The molecule has 1 aromatic carbocycles. The Morgan fingerprint density at radius 3 is 3.04 bits per heavy atom. The zero-order valence-corrected chi connectivity index (χ0v) is 13.7. The van der Waals surface area contributed by atoms with Gasteiger partial charge < -0.3 is 15.0 Å². The van der Waals surface area contributed by atoms with Crippen LogP contribution in [0.5, 0.6) is 0 Å². The number of fused-ring (bicyclic) bond motifs is 3. The summed E-state index contributed by atoms with van der Waals surface area (Å²) in [4.78, 5) is 26.2. The first-order valence-electron chi connectivity index (χ1n) is 8.42. The number of para-hydroxylation sites is 1. The Hall–Kier alpha value is -2.34. The highest BCUT2D eigenvalue weighted by Crippen LogP contribution is 2.36. The lowest BCUT2D eigenvalue weighted by Crippen LogP contribution is -2.49. The summed E-state index contributed by atoms with van der Waals surface area (Å²) in [5.41, 5.74) is 3.41. The molecule has 4 rings (SSSR count). The van der Waals surface area contributed by atoms with Gasteiger partial charge >= 0.3 is 12.0 Å². The number of carbonyl (C=O) groups is 2. The van der Waals surface area contributed by atoms with Crippen LogP contribution >= 0.6 is 0 Å². The predicted molar refractivity (Wildman–Crippen MR) is 90.0 cm³/mol. The van der Waals surface area contributed by atoms with Crippen molar-refractivity contribution in [3.05, 3.63) is 35.5 Å². The molecule has 3 heterocycles. The summed E-state index contributed by atoms with van der Waals surface area (Å²) in [6, 6.07) is 8.30. The smallest absolute Gasteiger partial charge is 0.328 e. The van der Waals surface area contributed by atoms with Crippen molar-refractivity contribution in [3.8, 4) is 0 Å². The lowest BCUT2D eigenvalue weighted by molar-refractivity contribution is -0.140. The Kier molecular flexibility index (Phi) is 3.76. The number of benzene rings is 1. The molecule has 0 saturated heterocycles. The number of aromatic nitrogens is 1. The Labute approximate surface area is 140 Å². The quantitative estimate of drug-likeness (QED) is 0.873. The molecule has 1 aromatic heterocycles. The van der Waals surface area contributed by atoms with Gasteiger partial charge in [-0.15, -0.1) is 0 Å². The van der Waals surface area contributed by atoms with Crippen LogP contribution in [0.15, 0.2) is 24.3 Å². The van der Waals surface area contributed by atoms with E-state index >= 15 is 0 Å². The fourth-order valence-electron chi connectivity index (χ4n) is 3.92. The van der Waals surface area contributed by atoms with Gasteiger partial charge in [0.1, 0.15) is 0 Å². The zero-order chi connectivity index (χ0) is 16.7. The van der Waals surface area contributed by atoms with Crippen molar-refractivity contribution in [2.24, 2.45) is 0 Å². The minimum Gasteiger partial charge on any atom is -0.469 e. The van der Waals surface area contributed by atoms with Gasteiger partial charge in [0.2, 0.25) is 0 Å². The van der Waals surface area contributed by atoms with Gasteiger partial charge in [-0.3, -0.25) is 9.36 Å². The third kappa shape index (κ3) is 2.29. The average molecular weight is 327 g/mol. The van der Waals surface area contributed by atoms with Crippen molar-refractivity contribution in [2.45, 2.75) is 25.3 Å². The molecule has 0 spiro atoms. The lowest BCUT2D eigenvalue weighted by atomic mass is 9.98. The van der Waals surface area contributed by atoms with E-state index in [1.54, 1.807) is 0 Å². The van der Waals surface area contributed by atoms with E-state index in [1.807, 2.05) is 27.7 Å². The monoisotopic (exact) mass is 327 g/mol. The van der Waals surface area contributed by atoms with Crippen molar-refractivity contribution >= 4 is 22.9 Å². The van der Waals surface area contributed by atoms with Crippen LogP contribution in [0.25, 0.3) is 10.9 Å². The molecule has 0 bridgehead atoms. The van der Waals surface area contributed by atoms with Gasteiger partial charge in [0.25, 0.3) is 0 Å². The molecule has 1 unspecified atom stereocenters. The maximum atomic E-state index is 13.0. The Morgan fingerprint density at radius 1 is 1.38 bits per heavy atom. The molecule has 0 radical (unpaired) electrons. The number of nitrogens with one attached hydrogen (secondary N) is 1. The van der Waals surface area contributed by atoms with Crippen LogP contribution in [0, 0.1) is 0 Å². The van der Waals surface area contributed by atoms with Crippen LogP contribution in [0.2, 0.25) is 0 Å². The van der Waals surface area contributed by atoms with Gasteiger partial charge in [-0.1, -0.05) is 18.2 Å². The molecule has 6 nitrogen and oxygen atoms in total. The van der Waals surface area contributed by atoms with Crippen LogP contribution in [-0.4, -0.2) is 48.2 Å². The third-order valence-corrected chi connectivity index (χ3v) is 5.02. The fraction of sp³-hybridized carbons (Fsp3) is 0.444. The molecule has 0 fully saturated rings. The van der Waals surface area contributed by atoms with Crippen LogP contribution in [-0.2, 0) is 16.0 Å². The molecular formula is C18H21N3O3. The van der Waals surface area contributed by atoms with Crippen LogP contribution < -0.4 is 5.32 Å². The molecule has 24 heavy (non-hydrogen) atoms. The first-order chi connectivity index (χ1) is 11.7. The summed E-state index contributed by atoms with van der Waals surface area (Å²) in [6.07, 6.45) is 1.91. The van der Waals surface area contributed by atoms with Gasteiger partial charge in [-0.2, -0.15) is 0 Å². The van der Waals surface area contributed by atoms with Crippen molar-refractivity contribution in [1.29, 1.82) is 0 Å². The number of methoxy groups -OCH3 is 1. The fourth-order valence-corrected chi connectivity index (χ4v) is 3.92. The van der Waals surface area contributed by atoms with E-state index in [1.165, 1.54) is 18.1 Å². The van der Waals surface area contributed by atoms with E-state index in [4.69, 9.17) is 0 Å². The lowest BCUT2D eigenvalue weighted by Gasteiger charge is -2.37. The van der Waals surface area contributed by atoms with Crippen molar-refractivity contribution in [1.82, 2.24) is 14.8 Å². The Bertz CT molecular complexity index is 811. The second-order valence-electron chi connectivity index (χ2n) is 6.38. The minimum atomic E-state index is -0.232. The normalized spacial score (nSPS) is 19.5. The molecule has 2 aliphatic rings. The summed E-state index contributed by atoms with van der Waals surface area (Å²) in [6.45, 7) is 2.15. The molecule has 0 saturated carbocycles. The zero-order valence-electron chi connectivity index (χ0n) is 13.7. The first-order valence-corrected chi connectivity index (χ1v) is 8.42. The number of hydrogen-bond donors (Lipinski definition) is 1. The van der Waals surface area contributed by atoms with Crippen molar-refractivity contribution in [3.63, 3.8) is 0 Å². The maximum absolute atomic E-state index is 13.0. The number of carbonyl (C=O) groups excluding carboxylic acids is 2. The molecule has 2 aromatic rings. The number of amides is 1. The van der Waals surface area contributed by atoms with Crippen LogP contribution in [0.4, 0.5) is 4.79 Å². The molecule has 1 atom stereocenters. The molecular weight excluding hydrogens is 306 g/mol. The minimum absolute atomic E-state index is 0.0114. The summed E-state index contributed by atoms with van der Waals surface area (Å²) >= 11 is 0. The molecule has 126 valence electrons. The van der Waals surface area contributed by atoms with E-state index < -0.39 is 0 Å². The molecule has 1 N–H and O–H groups in total. The van der Waals surface area contributed by atoms with E-state index in [2.05, 4.69) is 16.1 Å². The van der Waals surface area contributed by atoms with E-state index in [9.17, 15) is 9.59 Å². The molecule has 2 aliphatic heterocycles. The first kappa shape index (κ1) is 15.2. The summed E-state index contributed by atoms with van der Waals surface area (Å²) in [5, 5.41) is 4.72. The number of rotatable bonds is 4. The summed E-state index contributed by atoms with van der Waals surface area (Å²) in [7, 11) is 1.39. The van der Waals surface area contributed by atoms with Gasteiger partial charge in [0.05, 0.1) is 24.4 Å². The van der Waals surface area contributed by atoms with Gasteiger partial charge in [-0.25, -0.2) is 4.79 Å². The van der Waals surface area contributed by atoms with Gasteiger partial charge in [-0.05, 0) is 31.0 Å². The molecule has 1 amide bonds. The van der Waals surface area contributed by atoms with Gasteiger partial charge in [0, 0.05) is 24.9 Å². The Balaban J connectivity index is 1.67. The average Bonchev–Trinajstić information content (AvgIpc) is 2.95. The topological polar surface area (TPSA) is 63.6 Å². The van der Waals surface area contributed by atoms with E-state index in [0.29, 0.717) is 25.9 Å². The highest BCUT2D eigenvalue weighted by Gasteiger charge is 2.37. The van der Waals surface area contributed by atoms with Gasteiger partial charge in [0.15, 0.2) is 0 Å². The van der Waals surface area contributed by atoms with Crippen molar-refractivity contribution in [2.75, 3.05) is 26.7 Å². The highest BCUT2D eigenvalue weighted by molar-refractivity contribution is 5.96. The van der Waals surface area contributed by atoms with E-state index in [0.717, 1.165) is 24.2 Å². The molecule has 0 aliphatic carbocycles. The molecule has 6 heteroatoms. The van der Waals surface area contributed by atoms with Crippen LogP contribution in [0.1, 0.15) is 30.1 Å².